The summed E-state index contributed by atoms with van der Waals surface area (Å²) in [5, 5.41) is 0.457. The summed E-state index contributed by atoms with van der Waals surface area (Å²) in [5.74, 6) is -0.477. The molecule has 1 aromatic heterocycles. The van der Waals surface area contributed by atoms with E-state index in [1.54, 1.807) is 30.3 Å². The maximum absolute atomic E-state index is 12.7. The Bertz CT molecular complexity index is 646. The molecule has 1 aromatic carbocycles. The van der Waals surface area contributed by atoms with E-state index in [9.17, 15) is 18.0 Å². The van der Waals surface area contributed by atoms with Gasteiger partial charge in [-0.15, -0.1) is 11.8 Å². The van der Waals surface area contributed by atoms with Gasteiger partial charge in [-0.25, -0.2) is 0 Å². The van der Waals surface area contributed by atoms with Crippen molar-refractivity contribution < 1.29 is 22.4 Å². The quantitative estimate of drug-likeness (QED) is 0.702. The van der Waals surface area contributed by atoms with Crippen molar-refractivity contribution in [2.45, 2.75) is 17.6 Å². The van der Waals surface area contributed by atoms with Gasteiger partial charge < -0.3 is 9.32 Å². The van der Waals surface area contributed by atoms with Crippen LogP contribution >= 0.6 is 23.4 Å². The molecule has 1 amide bonds. The van der Waals surface area contributed by atoms with Crippen LogP contribution < -0.4 is 0 Å². The van der Waals surface area contributed by atoms with Crippen LogP contribution in [0.15, 0.2) is 52.0 Å². The minimum Gasteiger partial charge on any atom is -0.467 e. The van der Waals surface area contributed by atoms with Crippen LogP contribution in [0.1, 0.15) is 5.76 Å². The number of carbonyl (C=O) groups is 1. The maximum Gasteiger partial charge on any atom is 0.406 e. The molecule has 2 rings (SSSR count). The van der Waals surface area contributed by atoms with Gasteiger partial charge in [-0.1, -0.05) is 23.7 Å². The molecule has 0 aliphatic heterocycles. The van der Waals surface area contributed by atoms with E-state index in [0.717, 1.165) is 16.7 Å². The number of amides is 1. The molecule has 0 aliphatic rings. The van der Waals surface area contributed by atoms with Crippen molar-refractivity contribution in [3.8, 4) is 0 Å². The summed E-state index contributed by atoms with van der Waals surface area (Å²) in [6.07, 6.45) is -3.12. The monoisotopic (exact) mass is 363 g/mol. The highest BCUT2D eigenvalue weighted by molar-refractivity contribution is 8.00. The summed E-state index contributed by atoms with van der Waals surface area (Å²) in [6.45, 7) is -1.55. The molecule has 0 spiro atoms. The number of nitrogens with zero attached hydrogens (tertiary/aromatic N) is 1. The zero-order chi connectivity index (χ0) is 16.9. The average Bonchev–Trinajstić information content (AvgIpc) is 2.97. The molecule has 0 saturated heterocycles. The molecule has 3 nitrogen and oxygen atoms in total. The molecule has 23 heavy (non-hydrogen) atoms. The van der Waals surface area contributed by atoms with Gasteiger partial charge in [0, 0.05) is 4.90 Å². The molecule has 0 atom stereocenters. The number of hydrogen-bond acceptors (Lipinski definition) is 3. The first-order valence-corrected chi connectivity index (χ1v) is 7.96. The molecular formula is C15H13ClF3NO2S. The summed E-state index contributed by atoms with van der Waals surface area (Å²) < 4.78 is 43.0. The van der Waals surface area contributed by atoms with E-state index in [-0.39, 0.29) is 12.3 Å². The first-order chi connectivity index (χ1) is 10.8. The van der Waals surface area contributed by atoms with Crippen molar-refractivity contribution in [3.63, 3.8) is 0 Å². The SMILES string of the molecule is O=C(CSc1ccccc1Cl)N(Cc1ccco1)CC(F)(F)F. The van der Waals surface area contributed by atoms with Crippen molar-refractivity contribution in [2.75, 3.05) is 12.3 Å². The fourth-order valence-electron chi connectivity index (χ4n) is 1.83. The second-order valence-electron chi connectivity index (χ2n) is 4.66. The van der Waals surface area contributed by atoms with Gasteiger partial charge in [-0.05, 0) is 24.3 Å². The van der Waals surface area contributed by atoms with Gasteiger partial charge in [0.05, 0.1) is 23.6 Å². The van der Waals surface area contributed by atoms with Crippen molar-refractivity contribution >= 4 is 29.3 Å². The predicted molar refractivity (Wildman–Crippen MR) is 82.4 cm³/mol. The Labute approximate surface area is 140 Å². The van der Waals surface area contributed by atoms with Crippen LogP contribution in [0.2, 0.25) is 5.02 Å². The lowest BCUT2D eigenvalue weighted by molar-refractivity contribution is -0.161. The van der Waals surface area contributed by atoms with E-state index >= 15 is 0 Å². The summed E-state index contributed by atoms with van der Waals surface area (Å²) in [6, 6.07) is 9.93. The van der Waals surface area contributed by atoms with Crippen molar-refractivity contribution in [1.29, 1.82) is 0 Å². The van der Waals surface area contributed by atoms with Gasteiger partial charge >= 0.3 is 6.18 Å². The van der Waals surface area contributed by atoms with Crippen LogP contribution in [-0.4, -0.2) is 29.3 Å². The summed E-state index contributed by atoms with van der Waals surface area (Å²) in [4.78, 5) is 13.5. The third kappa shape index (κ3) is 5.84. The van der Waals surface area contributed by atoms with Gasteiger partial charge in [0.2, 0.25) is 5.91 Å². The van der Waals surface area contributed by atoms with Gasteiger partial charge in [0.1, 0.15) is 12.3 Å². The van der Waals surface area contributed by atoms with E-state index in [4.69, 9.17) is 16.0 Å². The summed E-state index contributed by atoms with van der Waals surface area (Å²) >= 11 is 7.07. The third-order valence-corrected chi connectivity index (χ3v) is 4.34. The fourth-order valence-corrected chi connectivity index (χ4v) is 2.97. The van der Waals surface area contributed by atoms with E-state index < -0.39 is 18.6 Å². The topological polar surface area (TPSA) is 33.5 Å². The molecule has 0 saturated carbocycles. The van der Waals surface area contributed by atoms with Crippen LogP contribution in [0.4, 0.5) is 13.2 Å². The standard InChI is InChI=1S/C15H13ClF3NO2S/c16-12-5-1-2-6-13(12)23-9-14(21)20(10-15(17,18)19)8-11-4-3-7-22-11/h1-7H,8-10H2. The molecule has 2 aromatic rings. The van der Waals surface area contributed by atoms with Gasteiger partial charge in [0.15, 0.2) is 0 Å². The zero-order valence-electron chi connectivity index (χ0n) is 11.8. The van der Waals surface area contributed by atoms with Crippen molar-refractivity contribution in [2.24, 2.45) is 0 Å². The van der Waals surface area contributed by atoms with E-state index in [0.29, 0.717) is 15.7 Å². The number of rotatable bonds is 6. The molecular weight excluding hydrogens is 351 g/mol. The minimum atomic E-state index is -4.47. The molecule has 0 unspecified atom stereocenters. The number of thioether (sulfide) groups is 1. The molecule has 0 bridgehead atoms. The lowest BCUT2D eigenvalue weighted by atomic mass is 10.3. The molecule has 124 valence electrons. The number of hydrogen-bond donors (Lipinski definition) is 0. The normalized spacial score (nSPS) is 11.5. The summed E-state index contributed by atoms with van der Waals surface area (Å²) in [7, 11) is 0. The van der Waals surface area contributed by atoms with Crippen molar-refractivity contribution in [3.05, 3.63) is 53.4 Å². The van der Waals surface area contributed by atoms with Crippen LogP contribution in [-0.2, 0) is 11.3 Å². The Morgan fingerprint density at radius 2 is 1.96 bits per heavy atom. The highest BCUT2D eigenvalue weighted by atomic mass is 35.5. The zero-order valence-corrected chi connectivity index (χ0v) is 13.4. The molecule has 0 radical (unpaired) electrons. The Kier molecular flexibility index (Phi) is 6.01. The lowest BCUT2D eigenvalue weighted by Crippen LogP contribution is -2.39. The van der Waals surface area contributed by atoms with Gasteiger partial charge in [0.25, 0.3) is 0 Å². The van der Waals surface area contributed by atoms with E-state index in [2.05, 4.69) is 0 Å². The second-order valence-corrected chi connectivity index (χ2v) is 6.09. The van der Waals surface area contributed by atoms with Gasteiger partial charge in [-0.3, -0.25) is 4.79 Å². The molecule has 0 fully saturated rings. The number of halogens is 4. The Hall–Kier alpha value is -1.60. The Morgan fingerprint density at radius 1 is 1.22 bits per heavy atom. The van der Waals surface area contributed by atoms with Crippen LogP contribution in [0.5, 0.6) is 0 Å². The van der Waals surface area contributed by atoms with Crippen molar-refractivity contribution in [1.82, 2.24) is 4.90 Å². The fraction of sp³-hybridized carbons (Fsp3) is 0.267. The molecule has 8 heteroatoms. The number of benzene rings is 1. The Morgan fingerprint density at radius 3 is 2.57 bits per heavy atom. The second kappa shape index (κ2) is 7.79. The predicted octanol–water partition coefficient (Wildman–Crippen LogP) is 4.62. The lowest BCUT2D eigenvalue weighted by Gasteiger charge is -2.23. The van der Waals surface area contributed by atoms with E-state index in [1.165, 1.54) is 12.3 Å². The highest BCUT2D eigenvalue weighted by Crippen LogP contribution is 2.27. The number of carbonyl (C=O) groups excluding carboxylic acids is 1. The maximum atomic E-state index is 12.7. The highest BCUT2D eigenvalue weighted by Gasteiger charge is 2.33. The minimum absolute atomic E-state index is 0.138. The third-order valence-electron chi connectivity index (χ3n) is 2.84. The van der Waals surface area contributed by atoms with Gasteiger partial charge in [-0.2, -0.15) is 13.2 Å². The number of alkyl halides is 3. The molecule has 0 N–H and O–H groups in total. The van der Waals surface area contributed by atoms with Crippen LogP contribution in [0.3, 0.4) is 0 Å². The number of furan rings is 1. The first kappa shape index (κ1) is 17.7. The van der Waals surface area contributed by atoms with Crippen LogP contribution in [0, 0.1) is 0 Å². The largest absolute Gasteiger partial charge is 0.467 e. The summed E-state index contributed by atoms with van der Waals surface area (Å²) in [5.41, 5.74) is 0. The van der Waals surface area contributed by atoms with E-state index in [1.807, 2.05) is 0 Å². The Balaban J connectivity index is 2.02. The van der Waals surface area contributed by atoms with Crippen LogP contribution in [0.25, 0.3) is 0 Å². The smallest absolute Gasteiger partial charge is 0.406 e. The molecule has 0 aliphatic carbocycles. The first-order valence-electron chi connectivity index (χ1n) is 6.59. The molecule has 1 heterocycles. The average molecular weight is 364 g/mol.